The first-order chi connectivity index (χ1) is 9.02. The fourth-order valence-corrected chi connectivity index (χ4v) is 3.16. The van der Waals surface area contributed by atoms with Gasteiger partial charge in [0.1, 0.15) is 11.6 Å². The fraction of sp³-hybridized carbons (Fsp3) is 0.615. The van der Waals surface area contributed by atoms with Gasteiger partial charge in [-0.2, -0.15) is 0 Å². The third kappa shape index (κ3) is 3.25. The molecule has 6 heteroatoms. The van der Waals surface area contributed by atoms with E-state index in [1.165, 1.54) is 19.4 Å². The Kier molecular flexibility index (Phi) is 4.76. The van der Waals surface area contributed by atoms with E-state index >= 15 is 0 Å². The van der Waals surface area contributed by atoms with Crippen LogP contribution >= 0.6 is 23.2 Å². The Bertz CT molecular complexity index is 453. The highest BCUT2D eigenvalue weighted by Gasteiger charge is 2.25. The highest BCUT2D eigenvalue weighted by molar-refractivity contribution is 6.37. The molecule has 1 unspecified atom stereocenters. The van der Waals surface area contributed by atoms with Gasteiger partial charge in [-0.15, -0.1) is 0 Å². The van der Waals surface area contributed by atoms with Crippen LogP contribution in [0.3, 0.4) is 0 Å². The minimum atomic E-state index is 0.326. The lowest BCUT2D eigenvalue weighted by Crippen LogP contribution is -2.39. The SMILES string of the molecule is CCN1CCCC1CN(C)c1nc(N)c(Cl)cc1Cl. The summed E-state index contributed by atoms with van der Waals surface area (Å²) < 4.78 is 0. The highest BCUT2D eigenvalue weighted by Crippen LogP contribution is 2.30. The number of anilines is 2. The van der Waals surface area contributed by atoms with Crippen LogP contribution in [0.15, 0.2) is 6.07 Å². The van der Waals surface area contributed by atoms with Crippen molar-refractivity contribution in [3.05, 3.63) is 16.1 Å². The lowest BCUT2D eigenvalue weighted by Gasteiger charge is -2.29. The molecule has 0 aliphatic carbocycles. The molecule has 2 heterocycles. The number of halogens is 2. The molecule has 19 heavy (non-hydrogen) atoms. The Balaban J connectivity index is 2.11. The summed E-state index contributed by atoms with van der Waals surface area (Å²) in [6.45, 7) is 5.37. The number of pyridine rings is 1. The van der Waals surface area contributed by atoms with E-state index in [9.17, 15) is 0 Å². The normalized spacial score (nSPS) is 19.9. The highest BCUT2D eigenvalue weighted by atomic mass is 35.5. The molecule has 0 bridgehead atoms. The number of rotatable bonds is 4. The van der Waals surface area contributed by atoms with Crippen LogP contribution in [0.4, 0.5) is 11.6 Å². The summed E-state index contributed by atoms with van der Waals surface area (Å²) in [5, 5.41) is 0.945. The number of nitrogens with zero attached hydrogens (tertiary/aromatic N) is 3. The van der Waals surface area contributed by atoms with Gasteiger partial charge in [-0.1, -0.05) is 30.1 Å². The maximum atomic E-state index is 6.19. The molecule has 2 N–H and O–H groups in total. The standard InChI is InChI=1S/C13H20Cl2N4/c1-3-19-6-4-5-9(19)8-18(2)13-11(15)7-10(14)12(16)17-13/h7,9H,3-6,8H2,1-2H3,(H2,16,17). The van der Waals surface area contributed by atoms with Gasteiger partial charge in [-0.05, 0) is 32.0 Å². The first-order valence-corrected chi connectivity index (χ1v) is 7.35. The first kappa shape index (κ1) is 14.7. The number of nitrogen functional groups attached to an aromatic ring is 1. The molecule has 0 spiro atoms. The summed E-state index contributed by atoms with van der Waals surface area (Å²) in [5.74, 6) is 1.03. The van der Waals surface area contributed by atoms with Crippen molar-refractivity contribution >= 4 is 34.8 Å². The van der Waals surface area contributed by atoms with E-state index in [1.807, 2.05) is 7.05 Å². The molecule has 4 nitrogen and oxygen atoms in total. The van der Waals surface area contributed by atoms with Crippen molar-refractivity contribution < 1.29 is 0 Å². The van der Waals surface area contributed by atoms with Gasteiger partial charge >= 0.3 is 0 Å². The topological polar surface area (TPSA) is 45.4 Å². The Morgan fingerprint density at radius 1 is 1.47 bits per heavy atom. The van der Waals surface area contributed by atoms with Gasteiger partial charge in [0.15, 0.2) is 0 Å². The van der Waals surface area contributed by atoms with E-state index in [-0.39, 0.29) is 0 Å². The van der Waals surface area contributed by atoms with Gasteiger partial charge in [0.25, 0.3) is 0 Å². The maximum absolute atomic E-state index is 6.19. The zero-order valence-corrected chi connectivity index (χ0v) is 12.9. The number of likely N-dealkylation sites (N-methyl/N-ethyl adjacent to an activating group) is 2. The largest absolute Gasteiger partial charge is 0.382 e. The minimum Gasteiger partial charge on any atom is -0.382 e. The van der Waals surface area contributed by atoms with Crippen LogP contribution in [0.25, 0.3) is 0 Å². The molecule has 2 rings (SSSR count). The fourth-order valence-electron chi connectivity index (χ4n) is 2.66. The van der Waals surface area contributed by atoms with E-state index in [0.29, 0.717) is 27.7 Å². The molecule has 106 valence electrons. The second kappa shape index (κ2) is 6.16. The van der Waals surface area contributed by atoms with Gasteiger partial charge in [-0.25, -0.2) is 4.98 Å². The zero-order valence-electron chi connectivity index (χ0n) is 11.4. The average molecular weight is 303 g/mol. The smallest absolute Gasteiger partial charge is 0.149 e. The summed E-state index contributed by atoms with van der Waals surface area (Å²) in [5.41, 5.74) is 5.75. The van der Waals surface area contributed by atoms with E-state index in [1.54, 1.807) is 6.07 Å². The molecule has 1 fully saturated rings. The van der Waals surface area contributed by atoms with E-state index < -0.39 is 0 Å². The lowest BCUT2D eigenvalue weighted by atomic mass is 10.2. The van der Waals surface area contributed by atoms with Crippen LogP contribution in [0.5, 0.6) is 0 Å². The van der Waals surface area contributed by atoms with Crippen molar-refractivity contribution in [3.8, 4) is 0 Å². The molecular formula is C13H20Cl2N4. The Labute approximate surface area is 124 Å². The summed E-state index contributed by atoms with van der Waals surface area (Å²) in [6.07, 6.45) is 2.48. The second-order valence-corrected chi connectivity index (χ2v) is 5.78. The number of aromatic nitrogens is 1. The maximum Gasteiger partial charge on any atom is 0.149 e. The zero-order chi connectivity index (χ0) is 14.0. The van der Waals surface area contributed by atoms with Crippen molar-refractivity contribution in [2.24, 2.45) is 0 Å². The van der Waals surface area contributed by atoms with Crippen LogP contribution in [0.2, 0.25) is 10.0 Å². The third-order valence-electron chi connectivity index (χ3n) is 3.69. The van der Waals surface area contributed by atoms with Crippen molar-refractivity contribution in [1.29, 1.82) is 0 Å². The van der Waals surface area contributed by atoms with E-state index in [4.69, 9.17) is 28.9 Å². The predicted octanol–water partition coefficient (Wildman–Crippen LogP) is 2.89. The monoisotopic (exact) mass is 302 g/mol. The molecule has 0 radical (unpaired) electrons. The summed E-state index contributed by atoms with van der Waals surface area (Å²) in [7, 11) is 1.99. The summed E-state index contributed by atoms with van der Waals surface area (Å²) in [6, 6.07) is 2.22. The number of hydrogen-bond donors (Lipinski definition) is 1. The lowest BCUT2D eigenvalue weighted by molar-refractivity contribution is 0.270. The van der Waals surface area contributed by atoms with Gasteiger partial charge in [-0.3, -0.25) is 4.90 Å². The molecule has 1 aromatic heterocycles. The molecule has 1 atom stereocenters. The predicted molar refractivity (Wildman–Crippen MR) is 82.2 cm³/mol. The first-order valence-electron chi connectivity index (χ1n) is 6.59. The second-order valence-electron chi connectivity index (χ2n) is 4.97. The summed E-state index contributed by atoms with van der Waals surface area (Å²) in [4.78, 5) is 8.84. The van der Waals surface area contributed by atoms with E-state index in [2.05, 4.69) is 21.7 Å². The van der Waals surface area contributed by atoms with Gasteiger partial charge in [0.05, 0.1) is 10.0 Å². The Morgan fingerprint density at radius 3 is 2.89 bits per heavy atom. The Morgan fingerprint density at radius 2 is 2.21 bits per heavy atom. The van der Waals surface area contributed by atoms with Crippen molar-refractivity contribution in [1.82, 2.24) is 9.88 Å². The van der Waals surface area contributed by atoms with Crippen LogP contribution in [-0.2, 0) is 0 Å². The van der Waals surface area contributed by atoms with Gasteiger partial charge < -0.3 is 10.6 Å². The Hall–Kier alpha value is -0.710. The number of likely N-dealkylation sites (tertiary alicyclic amines) is 1. The molecule has 1 saturated heterocycles. The molecular weight excluding hydrogens is 283 g/mol. The molecule has 1 aromatic rings. The van der Waals surface area contributed by atoms with Gasteiger partial charge in [0, 0.05) is 19.6 Å². The molecule has 0 saturated carbocycles. The van der Waals surface area contributed by atoms with Crippen molar-refractivity contribution in [2.45, 2.75) is 25.8 Å². The molecule has 0 amide bonds. The van der Waals surface area contributed by atoms with Crippen LogP contribution in [-0.4, -0.2) is 42.6 Å². The minimum absolute atomic E-state index is 0.326. The number of nitrogens with two attached hydrogens (primary N) is 1. The van der Waals surface area contributed by atoms with Crippen LogP contribution < -0.4 is 10.6 Å². The van der Waals surface area contributed by atoms with Crippen molar-refractivity contribution in [2.75, 3.05) is 37.3 Å². The molecule has 1 aliphatic rings. The average Bonchev–Trinajstić information content (AvgIpc) is 2.80. The number of hydrogen-bond acceptors (Lipinski definition) is 4. The van der Waals surface area contributed by atoms with E-state index in [0.717, 1.165) is 13.1 Å². The third-order valence-corrected chi connectivity index (χ3v) is 4.27. The summed E-state index contributed by atoms with van der Waals surface area (Å²) >= 11 is 12.1. The van der Waals surface area contributed by atoms with Crippen LogP contribution in [0.1, 0.15) is 19.8 Å². The van der Waals surface area contributed by atoms with Crippen LogP contribution in [0, 0.1) is 0 Å². The molecule has 0 aromatic carbocycles. The quantitative estimate of drug-likeness (QED) is 0.929. The van der Waals surface area contributed by atoms with Gasteiger partial charge in [0.2, 0.25) is 0 Å². The molecule has 1 aliphatic heterocycles. The van der Waals surface area contributed by atoms with Crippen molar-refractivity contribution in [3.63, 3.8) is 0 Å².